The molecule has 0 fully saturated rings. The highest BCUT2D eigenvalue weighted by Gasteiger charge is 2.15. The molecule has 1 aliphatic rings. The third kappa shape index (κ3) is 2.06. The Kier molecular flexibility index (Phi) is 2.54. The molecule has 2 rings (SSSR count). The van der Waals surface area contributed by atoms with Crippen LogP contribution in [0.3, 0.4) is 0 Å². The monoisotopic (exact) mass is 204 g/mol. The second-order valence-corrected chi connectivity index (χ2v) is 4.03. The fourth-order valence-corrected chi connectivity index (χ4v) is 1.58. The van der Waals surface area contributed by atoms with Gasteiger partial charge >= 0.3 is 0 Å². The molecule has 3 heteroatoms. The van der Waals surface area contributed by atoms with Gasteiger partial charge in [-0.3, -0.25) is 0 Å². The molecule has 0 saturated carbocycles. The number of phenolic OH excluding ortho intramolecular Hbond substituents is 1. The third-order valence-electron chi connectivity index (χ3n) is 2.60. The van der Waals surface area contributed by atoms with Crippen molar-refractivity contribution in [2.45, 2.75) is 19.9 Å². The molecule has 1 aliphatic heterocycles. The first-order chi connectivity index (χ1) is 7.16. The lowest BCUT2D eigenvalue weighted by Gasteiger charge is -2.24. The van der Waals surface area contributed by atoms with Crippen LogP contribution in [-0.2, 0) is 0 Å². The lowest BCUT2D eigenvalue weighted by molar-refractivity contribution is 0.336. The molecule has 0 amide bonds. The normalized spacial score (nSPS) is 15.4. The van der Waals surface area contributed by atoms with E-state index in [1.165, 1.54) is 0 Å². The van der Waals surface area contributed by atoms with Crippen LogP contribution in [-0.4, -0.2) is 22.7 Å². The van der Waals surface area contributed by atoms with Gasteiger partial charge < -0.3 is 14.9 Å². The van der Waals surface area contributed by atoms with Gasteiger partial charge in [-0.25, -0.2) is 0 Å². The van der Waals surface area contributed by atoms with Crippen molar-refractivity contribution in [3.8, 4) is 5.75 Å². The summed E-state index contributed by atoms with van der Waals surface area (Å²) in [4.78, 5) is 4.41. The zero-order chi connectivity index (χ0) is 10.8. The van der Waals surface area contributed by atoms with E-state index in [4.69, 9.17) is 0 Å². The number of anilines is 1. The van der Waals surface area contributed by atoms with E-state index in [1.54, 1.807) is 12.1 Å². The fourth-order valence-electron chi connectivity index (χ4n) is 1.58. The van der Waals surface area contributed by atoms with Crippen molar-refractivity contribution in [1.29, 1.82) is 0 Å². The Bertz CT molecular complexity index is 356. The maximum atomic E-state index is 9.19. The first kappa shape index (κ1) is 9.90. The second kappa shape index (κ2) is 3.85. The van der Waals surface area contributed by atoms with Crippen molar-refractivity contribution in [2.24, 2.45) is 0 Å². The Morgan fingerprint density at radius 1 is 1.13 bits per heavy atom. The zero-order valence-corrected chi connectivity index (χ0v) is 9.09. The topological polar surface area (TPSA) is 26.7 Å². The number of nitrogens with zero attached hydrogens (tertiary/aromatic N) is 2. The lowest BCUT2D eigenvalue weighted by atomic mass is 10.3. The summed E-state index contributed by atoms with van der Waals surface area (Å²) in [6, 6.07) is 7.78. The van der Waals surface area contributed by atoms with E-state index in [9.17, 15) is 5.11 Å². The average molecular weight is 204 g/mol. The summed E-state index contributed by atoms with van der Waals surface area (Å²) < 4.78 is 0. The summed E-state index contributed by atoms with van der Waals surface area (Å²) in [6.07, 6.45) is 4.16. The first-order valence-corrected chi connectivity index (χ1v) is 5.16. The van der Waals surface area contributed by atoms with Crippen LogP contribution in [0.5, 0.6) is 5.75 Å². The van der Waals surface area contributed by atoms with Crippen molar-refractivity contribution in [2.75, 3.05) is 11.6 Å². The molecule has 0 bridgehead atoms. The Hall–Kier alpha value is -1.64. The Labute approximate surface area is 90.2 Å². The zero-order valence-electron chi connectivity index (χ0n) is 9.09. The molecule has 0 saturated heterocycles. The molecule has 3 nitrogen and oxygen atoms in total. The van der Waals surface area contributed by atoms with Crippen LogP contribution in [0.15, 0.2) is 36.7 Å². The van der Waals surface area contributed by atoms with Crippen molar-refractivity contribution < 1.29 is 5.11 Å². The van der Waals surface area contributed by atoms with E-state index in [0.717, 1.165) is 12.4 Å². The quantitative estimate of drug-likeness (QED) is 0.801. The van der Waals surface area contributed by atoms with Gasteiger partial charge in [-0.15, -0.1) is 0 Å². The van der Waals surface area contributed by atoms with Crippen LogP contribution < -0.4 is 4.90 Å². The van der Waals surface area contributed by atoms with E-state index < -0.39 is 0 Å². The largest absolute Gasteiger partial charge is 0.508 e. The van der Waals surface area contributed by atoms with Gasteiger partial charge in [0.05, 0.1) is 6.67 Å². The highest BCUT2D eigenvalue weighted by atomic mass is 16.3. The van der Waals surface area contributed by atoms with Crippen molar-refractivity contribution in [3.05, 3.63) is 36.7 Å². The predicted octanol–water partition coefficient (Wildman–Crippen LogP) is 2.35. The summed E-state index contributed by atoms with van der Waals surface area (Å²) in [5.41, 5.74) is 1.10. The summed E-state index contributed by atoms with van der Waals surface area (Å²) >= 11 is 0. The van der Waals surface area contributed by atoms with Gasteiger partial charge in [-0.2, -0.15) is 0 Å². The minimum absolute atomic E-state index is 0.308. The van der Waals surface area contributed by atoms with Gasteiger partial charge in [0.1, 0.15) is 5.75 Å². The number of aromatic hydroxyl groups is 1. The van der Waals surface area contributed by atoms with Gasteiger partial charge in [-0.1, -0.05) is 0 Å². The van der Waals surface area contributed by atoms with Crippen molar-refractivity contribution >= 4 is 5.69 Å². The number of benzene rings is 1. The summed E-state index contributed by atoms with van der Waals surface area (Å²) in [5, 5.41) is 9.19. The van der Waals surface area contributed by atoms with Crippen LogP contribution in [0, 0.1) is 0 Å². The number of hydrogen-bond acceptors (Lipinski definition) is 3. The van der Waals surface area contributed by atoms with Gasteiger partial charge in [-0.05, 0) is 38.1 Å². The van der Waals surface area contributed by atoms with Crippen LogP contribution in [0.4, 0.5) is 5.69 Å². The molecular weight excluding hydrogens is 188 g/mol. The molecule has 1 aromatic carbocycles. The standard InChI is InChI=1S/C12H16N2O/c1-10(2)13-7-8-14(9-13)11-3-5-12(15)6-4-11/h3-8,10,15H,9H2,1-2H3. The van der Waals surface area contributed by atoms with Gasteiger partial charge in [0.25, 0.3) is 0 Å². The molecule has 0 aliphatic carbocycles. The second-order valence-electron chi connectivity index (χ2n) is 4.03. The third-order valence-corrected chi connectivity index (χ3v) is 2.60. The Morgan fingerprint density at radius 3 is 2.33 bits per heavy atom. The molecule has 0 unspecified atom stereocenters. The molecule has 0 atom stereocenters. The van der Waals surface area contributed by atoms with Gasteiger partial charge in [0.15, 0.2) is 0 Å². The first-order valence-electron chi connectivity index (χ1n) is 5.16. The molecule has 0 radical (unpaired) electrons. The van der Waals surface area contributed by atoms with Gasteiger partial charge in [0, 0.05) is 24.1 Å². The highest BCUT2D eigenvalue weighted by Crippen LogP contribution is 2.22. The van der Waals surface area contributed by atoms with Crippen LogP contribution in [0.1, 0.15) is 13.8 Å². The molecule has 0 aromatic heterocycles. The SMILES string of the molecule is CC(C)N1C=CN(c2ccc(O)cc2)C1. The van der Waals surface area contributed by atoms with Crippen LogP contribution >= 0.6 is 0 Å². The molecule has 0 spiro atoms. The van der Waals surface area contributed by atoms with E-state index in [0.29, 0.717) is 11.8 Å². The van der Waals surface area contributed by atoms with Crippen LogP contribution in [0.2, 0.25) is 0 Å². The predicted molar refractivity (Wildman–Crippen MR) is 61.6 cm³/mol. The summed E-state index contributed by atoms with van der Waals surface area (Å²) in [6.45, 7) is 5.22. The maximum Gasteiger partial charge on any atom is 0.115 e. The lowest BCUT2D eigenvalue weighted by Crippen LogP contribution is -2.29. The summed E-state index contributed by atoms with van der Waals surface area (Å²) in [5.74, 6) is 0.308. The molecule has 1 N–H and O–H groups in total. The Balaban J connectivity index is 2.09. The van der Waals surface area contributed by atoms with E-state index in [-0.39, 0.29) is 0 Å². The minimum atomic E-state index is 0.308. The minimum Gasteiger partial charge on any atom is -0.508 e. The molecule has 1 heterocycles. The van der Waals surface area contributed by atoms with E-state index in [2.05, 4.69) is 36.0 Å². The smallest absolute Gasteiger partial charge is 0.115 e. The van der Waals surface area contributed by atoms with E-state index >= 15 is 0 Å². The van der Waals surface area contributed by atoms with Crippen molar-refractivity contribution in [1.82, 2.24) is 4.90 Å². The van der Waals surface area contributed by atoms with Gasteiger partial charge in [0.2, 0.25) is 0 Å². The number of hydrogen-bond donors (Lipinski definition) is 1. The maximum absolute atomic E-state index is 9.19. The summed E-state index contributed by atoms with van der Waals surface area (Å²) in [7, 11) is 0. The average Bonchev–Trinajstić information content (AvgIpc) is 2.68. The number of rotatable bonds is 2. The highest BCUT2D eigenvalue weighted by molar-refractivity contribution is 5.52. The van der Waals surface area contributed by atoms with Crippen LogP contribution in [0.25, 0.3) is 0 Å². The Morgan fingerprint density at radius 2 is 1.80 bits per heavy atom. The molecule has 1 aromatic rings. The number of phenols is 1. The van der Waals surface area contributed by atoms with E-state index in [1.807, 2.05) is 12.1 Å². The molecule has 80 valence electrons. The fraction of sp³-hybridized carbons (Fsp3) is 0.333. The van der Waals surface area contributed by atoms with Crippen molar-refractivity contribution in [3.63, 3.8) is 0 Å². The molecule has 15 heavy (non-hydrogen) atoms. The molecular formula is C12H16N2O.